The number of carbonyl (C=O) groups excluding carboxylic acids is 2. The summed E-state index contributed by atoms with van der Waals surface area (Å²) in [4.78, 5) is 27.7. The fourth-order valence-corrected chi connectivity index (χ4v) is 4.08. The Labute approximate surface area is 183 Å². The molecule has 0 fully saturated rings. The fourth-order valence-electron chi connectivity index (χ4n) is 2.87. The van der Waals surface area contributed by atoms with E-state index in [1.807, 2.05) is 44.1 Å². The lowest BCUT2D eigenvalue weighted by molar-refractivity contribution is 0.102. The summed E-state index contributed by atoms with van der Waals surface area (Å²) in [7, 11) is 3.91. The summed E-state index contributed by atoms with van der Waals surface area (Å²) in [6.07, 6.45) is 0. The monoisotopic (exact) mass is 445 g/mol. The SMILES string of the molecule is Cc1cc(N(C)C)ccc1NC(=O)c1sc(NC(=O)c2ccc(F)cc2Cl)cc1C. The van der Waals surface area contributed by atoms with E-state index < -0.39 is 11.7 Å². The molecule has 0 aliphatic rings. The highest BCUT2D eigenvalue weighted by Crippen LogP contribution is 2.29. The van der Waals surface area contributed by atoms with Gasteiger partial charge in [0.1, 0.15) is 5.82 Å². The first-order valence-electron chi connectivity index (χ1n) is 9.12. The lowest BCUT2D eigenvalue weighted by Gasteiger charge is -2.15. The van der Waals surface area contributed by atoms with Crippen molar-refractivity contribution in [2.45, 2.75) is 13.8 Å². The molecule has 3 rings (SSSR count). The average Bonchev–Trinajstić information content (AvgIpc) is 3.03. The molecule has 2 aromatic carbocycles. The summed E-state index contributed by atoms with van der Waals surface area (Å²) in [6, 6.07) is 11.1. The maximum Gasteiger partial charge on any atom is 0.266 e. The van der Waals surface area contributed by atoms with Gasteiger partial charge in [-0.15, -0.1) is 11.3 Å². The van der Waals surface area contributed by atoms with Crippen LogP contribution in [0.2, 0.25) is 5.02 Å². The van der Waals surface area contributed by atoms with Crippen LogP contribution in [0.15, 0.2) is 42.5 Å². The smallest absolute Gasteiger partial charge is 0.266 e. The third-order valence-corrected chi connectivity index (χ3v) is 5.98. The lowest BCUT2D eigenvalue weighted by atomic mass is 10.1. The quantitative estimate of drug-likeness (QED) is 0.527. The molecule has 0 saturated carbocycles. The number of benzene rings is 2. The van der Waals surface area contributed by atoms with Gasteiger partial charge in [-0.05, 0) is 67.4 Å². The first-order valence-corrected chi connectivity index (χ1v) is 10.3. The second-order valence-electron chi connectivity index (χ2n) is 7.05. The largest absolute Gasteiger partial charge is 0.378 e. The van der Waals surface area contributed by atoms with E-state index in [-0.39, 0.29) is 16.5 Å². The molecule has 2 N–H and O–H groups in total. The van der Waals surface area contributed by atoms with Crippen molar-refractivity contribution in [2.24, 2.45) is 0 Å². The summed E-state index contributed by atoms with van der Waals surface area (Å²) >= 11 is 7.11. The van der Waals surface area contributed by atoms with Gasteiger partial charge in [-0.1, -0.05) is 11.6 Å². The molecule has 1 aromatic heterocycles. The van der Waals surface area contributed by atoms with Crippen molar-refractivity contribution in [3.8, 4) is 0 Å². The minimum Gasteiger partial charge on any atom is -0.378 e. The first-order chi connectivity index (χ1) is 14.2. The van der Waals surface area contributed by atoms with Crippen LogP contribution >= 0.6 is 22.9 Å². The van der Waals surface area contributed by atoms with E-state index >= 15 is 0 Å². The van der Waals surface area contributed by atoms with E-state index in [0.29, 0.717) is 9.88 Å². The van der Waals surface area contributed by atoms with Crippen molar-refractivity contribution in [1.82, 2.24) is 0 Å². The van der Waals surface area contributed by atoms with Crippen molar-refractivity contribution in [3.05, 3.63) is 74.9 Å². The second kappa shape index (κ2) is 8.85. The topological polar surface area (TPSA) is 61.4 Å². The van der Waals surface area contributed by atoms with Gasteiger partial charge in [0, 0.05) is 25.5 Å². The molecule has 1 heterocycles. The van der Waals surface area contributed by atoms with Gasteiger partial charge >= 0.3 is 0 Å². The minimum atomic E-state index is -0.517. The van der Waals surface area contributed by atoms with Crippen LogP contribution in [0.5, 0.6) is 0 Å². The number of amides is 2. The predicted molar refractivity (Wildman–Crippen MR) is 122 cm³/mol. The number of hydrogen-bond acceptors (Lipinski definition) is 4. The molecular formula is C22H21ClFN3O2S. The summed E-state index contributed by atoms with van der Waals surface area (Å²) < 4.78 is 13.2. The van der Waals surface area contributed by atoms with Crippen LogP contribution in [0.3, 0.4) is 0 Å². The number of aryl methyl sites for hydroxylation is 2. The fraction of sp³-hybridized carbons (Fsp3) is 0.182. The van der Waals surface area contributed by atoms with Gasteiger partial charge < -0.3 is 15.5 Å². The summed E-state index contributed by atoms with van der Waals surface area (Å²) in [6.45, 7) is 3.73. The van der Waals surface area contributed by atoms with E-state index in [0.717, 1.165) is 39.9 Å². The second-order valence-corrected chi connectivity index (χ2v) is 8.51. The highest BCUT2D eigenvalue weighted by molar-refractivity contribution is 7.18. The Morgan fingerprint density at radius 2 is 1.70 bits per heavy atom. The van der Waals surface area contributed by atoms with Crippen molar-refractivity contribution in [1.29, 1.82) is 0 Å². The Bertz CT molecular complexity index is 1130. The van der Waals surface area contributed by atoms with Gasteiger partial charge in [0.25, 0.3) is 11.8 Å². The van der Waals surface area contributed by atoms with E-state index in [9.17, 15) is 14.0 Å². The van der Waals surface area contributed by atoms with Crippen LogP contribution in [0.25, 0.3) is 0 Å². The number of anilines is 3. The van der Waals surface area contributed by atoms with Gasteiger partial charge in [-0.3, -0.25) is 9.59 Å². The maximum absolute atomic E-state index is 13.2. The first kappa shape index (κ1) is 21.8. The van der Waals surface area contributed by atoms with Gasteiger partial charge in [0.15, 0.2) is 0 Å². The van der Waals surface area contributed by atoms with Gasteiger partial charge in [-0.2, -0.15) is 0 Å². The summed E-state index contributed by atoms with van der Waals surface area (Å²) in [5, 5.41) is 6.17. The Morgan fingerprint density at radius 1 is 0.967 bits per heavy atom. The third kappa shape index (κ3) is 4.80. The molecule has 2 amide bonds. The molecule has 0 atom stereocenters. The zero-order chi connectivity index (χ0) is 22.0. The van der Waals surface area contributed by atoms with Crippen LogP contribution in [0.1, 0.15) is 31.2 Å². The van der Waals surface area contributed by atoms with Crippen LogP contribution in [-0.4, -0.2) is 25.9 Å². The molecule has 3 aromatic rings. The van der Waals surface area contributed by atoms with Crippen molar-refractivity contribution in [2.75, 3.05) is 29.6 Å². The van der Waals surface area contributed by atoms with Crippen LogP contribution in [0.4, 0.5) is 20.8 Å². The molecule has 0 radical (unpaired) electrons. The molecule has 30 heavy (non-hydrogen) atoms. The number of thiophene rings is 1. The van der Waals surface area contributed by atoms with Crippen molar-refractivity contribution in [3.63, 3.8) is 0 Å². The Kier molecular flexibility index (Phi) is 6.43. The number of rotatable bonds is 5. The molecule has 156 valence electrons. The Balaban J connectivity index is 1.75. The molecular weight excluding hydrogens is 425 g/mol. The molecule has 0 unspecified atom stereocenters. The van der Waals surface area contributed by atoms with Crippen molar-refractivity contribution >= 4 is 51.1 Å². The lowest BCUT2D eigenvalue weighted by Crippen LogP contribution is -2.13. The number of carbonyl (C=O) groups is 2. The number of nitrogens with zero attached hydrogens (tertiary/aromatic N) is 1. The maximum atomic E-state index is 13.2. The zero-order valence-corrected chi connectivity index (χ0v) is 18.5. The van der Waals surface area contributed by atoms with E-state index in [4.69, 9.17) is 11.6 Å². The molecule has 5 nitrogen and oxygen atoms in total. The molecule has 0 spiro atoms. The number of halogens is 2. The minimum absolute atomic E-state index is 0.0235. The molecule has 0 aliphatic heterocycles. The van der Waals surface area contributed by atoms with Gasteiger partial charge in [0.05, 0.1) is 20.5 Å². The standard InChI is InChI=1S/C22H21ClFN3O2S/c1-12-9-15(27(3)4)6-8-18(12)25-22(29)20-13(2)10-19(30-20)26-21(28)16-7-5-14(24)11-17(16)23/h5-11H,1-4H3,(H,25,29)(H,26,28). The third-order valence-electron chi connectivity index (χ3n) is 4.51. The zero-order valence-electron chi connectivity index (χ0n) is 17.0. The van der Waals surface area contributed by atoms with Crippen LogP contribution < -0.4 is 15.5 Å². The highest BCUT2D eigenvalue weighted by atomic mass is 35.5. The van der Waals surface area contributed by atoms with E-state index in [1.165, 1.54) is 12.1 Å². The van der Waals surface area contributed by atoms with Crippen LogP contribution in [0, 0.1) is 19.7 Å². The average molecular weight is 446 g/mol. The summed E-state index contributed by atoms with van der Waals surface area (Å²) in [5.41, 5.74) is 3.61. The van der Waals surface area contributed by atoms with Gasteiger partial charge in [0.2, 0.25) is 0 Å². The van der Waals surface area contributed by atoms with Crippen molar-refractivity contribution < 1.29 is 14.0 Å². The summed E-state index contributed by atoms with van der Waals surface area (Å²) in [5.74, 6) is -1.24. The predicted octanol–water partition coefficient (Wildman–Crippen LogP) is 5.73. The van der Waals surface area contributed by atoms with E-state index in [2.05, 4.69) is 10.6 Å². The molecule has 0 saturated heterocycles. The van der Waals surface area contributed by atoms with Crippen LogP contribution in [-0.2, 0) is 0 Å². The normalized spacial score (nSPS) is 10.6. The van der Waals surface area contributed by atoms with Gasteiger partial charge in [-0.25, -0.2) is 4.39 Å². The number of hydrogen-bond donors (Lipinski definition) is 2. The Hall–Kier alpha value is -2.90. The molecule has 8 heteroatoms. The van der Waals surface area contributed by atoms with E-state index in [1.54, 1.807) is 13.0 Å². The number of nitrogens with one attached hydrogen (secondary N) is 2. The highest BCUT2D eigenvalue weighted by Gasteiger charge is 2.18. The molecule has 0 aliphatic carbocycles. The molecule has 0 bridgehead atoms. The Morgan fingerprint density at radius 3 is 2.33 bits per heavy atom.